The molecule has 0 spiro atoms. The van der Waals surface area contributed by atoms with Crippen molar-refractivity contribution in [1.29, 1.82) is 0 Å². The summed E-state index contributed by atoms with van der Waals surface area (Å²) in [6.45, 7) is 5.78. The van der Waals surface area contributed by atoms with Crippen molar-refractivity contribution in [2.45, 2.75) is 12.5 Å². The van der Waals surface area contributed by atoms with Crippen LogP contribution in [0.4, 0.5) is 10.1 Å². The third-order valence-electron chi connectivity index (χ3n) is 3.62. The summed E-state index contributed by atoms with van der Waals surface area (Å²) < 4.78 is 13.7. The van der Waals surface area contributed by atoms with Crippen molar-refractivity contribution >= 4 is 11.6 Å². The van der Waals surface area contributed by atoms with E-state index in [4.69, 9.17) is 5.73 Å². The molecular formula is C16H20FN3O. The highest BCUT2D eigenvalue weighted by Crippen LogP contribution is 2.20. The molecule has 1 aliphatic heterocycles. The van der Waals surface area contributed by atoms with Crippen LogP contribution in [0.2, 0.25) is 0 Å². The van der Waals surface area contributed by atoms with Gasteiger partial charge in [0.25, 0.3) is 0 Å². The highest BCUT2D eigenvalue weighted by molar-refractivity contribution is 5.82. The maximum absolute atomic E-state index is 13.7. The van der Waals surface area contributed by atoms with Gasteiger partial charge >= 0.3 is 0 Å². The number of benzene rings is 1. The number of anilines is 1. The zero-order valence-corrected chi connectivity index (χ0v) is 12.0. The van der Waals surface area contributed by atoms with Crippen LogP contribution in [0.15, 0.2) is 42.7 Å². The molecule has 1 unspecified atom stereocenters. The molecule has 1 aliphatic rings. The first-order valence-corrected chi connectivity index (χ1v) is 7.01. The summed E-state index contributed by atoms with van der Waals surface area (Å²) in [6, 6.07) is 6.13. The lowest BCUT2D eigenvalue weighted by atomic mass is 10.1. The zero-order valence-electron chi connectivity index (χ0n) is 12.0. The predicted molar refractivity (Wildman–Crippen MR) is 81.5 cm³/mol. The van der Waals surface area contributed by atoms with Crippen LogP contribution >= 0.6 is 0 Å². The highest BCUT2D eigenvalue weighted by atomic mass is 19.1. The van der Waals surface area contributed by atoms with E-state index >= 15 is 0 Å². The number of piperazine rings is 1. The Morgan fingerprint density at radius 3 is 2.67 bits per heavy atom. The Bertz CT molecular complexity index is 546. The topological polar surface area (TPSA) is 49.6 Å². The molecule has 0 bridgehead atoms. The summed E-state index contributed by atoms with van der Waals surface area (Å²) in [5.74, 6) is -0.306. The molecule has 21 heavy (non-hydrogen) atoms. The van der Waals surface area contributed by atoms with Gasteiger partial charge in [-0.3, -0.25) is 4.79 Å². The largest absolute Gasteiger partial charge is 0.366 e. The van der Waals surface area contributed by atoms with Crippen molar-refractivity contribution in [2.75, 3.05) is 31.1 Å². The molecule has 112 valence electrons. The first-order valence-electron chi connectivity index (χ1n) is 7.01. The molecule has 1 fully saturated rings. The average molecular weight is 289 g/mol. The van der Waals surface area contributed by atoms with Crippen molar-refractivity contribution in [3.05, 3.63) is 48.5 Å². The van der Waals surface area contributed by atoms with Crippen molar-refractivity contribution in [1.82, 2.24) is 4.90 Å². The van der Waals surface area contributed by atoms with Crippen molar-refractivity contribution in [3.63, 3.8) is 0 Å². The lowest BCUT2D eigenvalue weighted by Crippen LogP contribution is -2.53. The third kappa shape index (κ3) is 3.72. The molecule has 0 saturated carbocycles. The minimum absolute atomic E-state index is 0.0744. The summed E-state index contributed by atoms with van der Waals surface area (Å²) in [5.41, 5.74) is 9.04. The van der Waals surface area contributed by atoms with Crippen LogP contribution in [-0.2, 0) is 4.79 Å². The fraction of sp³-hybridized carbons (Fsp3) is 0.375. The van der Waals surface area contributed by atoms with Crippen LogP contribution in [0.25, 0.3) is 0 Å². The normalized spacial score (nSPS) is 16.3. The molecule has 0 radical (unpaired) electrons. The number of hydrogen-bond donors (Lipinski definition) is 1. The number of carbonyl (C=O) groups is 1. The number of nitrogens with two attached hydrogens (primary N) is 1. The molecule has 1 aromatic carbocycles. The number of rotatable bonds is 4. The van der Waals surface area contributed by atoms with E-state index in [-0.39, 0.29) is 11.7 Å². The summed E-state index contributed by atoms with van der Waals surface area (Å²) in [5, 5.41) is 0. The number of nitrogens with zero attached hydrogens (tertiary/aromatic N) is 2. The molecule has 1 heterocycles. The minimum Gasteiger partial charge on any atom is -0.366 e. The van der Waals surface area contributed by atoms with Crippen LogP contribution in [0, 0.1) is 5.82 Å². The summed E-state index contributed by atoms with van der Waals surface area (Å²) in [7, 11) is 0. The SMILES string of the molecule is C=C=CCC(N)C(=O)N1CCN(c2ccccc2F)CC1. The molecule has 4 nitrogen and oxygen atoms in total. The summed E-state index contributed by atoms with van der Waals surface area (Å²) in [4.78, 5) is 15.8. The fourth-order valence-corrected chi connectivity index (χ4v) is 2.42. The monoisotopic (exact) mass is 289 g/mol. The molecule has 1 aromatic rings. The van der Waals surface area contributed by atoms with E-state index < -0.39 is 6.04 Å². The lowest BCUT2D eigenvalue weighted by molar-refractivity contribution is -0.132. The van der Waals surface area contributed by atoms with Gasteiger partial charge < -0.3 is 15.5 Å². The Morgan fingerprint density at radius 2 is 2.05 bits per heavy atom. The lowest BCUT2D eigenvalue weighted by Gasteiger charge is -2.37. The third-order valence-corrected chi connectivity index (χ3v) is 3.62. The first-order chi connectivity index (χ1) is 10.1. The molecule has 0 aliphatic carbocycles. The second kappa shape index (κ2) is 7.07. The van der Waals surface area contributed by atoms with Gasteiger partial charge in [-0.25, -0.2) is 4.39 Å². The van der Waals surface area contributed by atoms with Crippen LogP contribution in [-0.4, -0.2) is 43.0 Å². The van der Waals surface area contributed by atoms with Gasteiger partial charge in [0, 0.05) is 26.2 Å². The van der Waals surface area contributed by atoms with E-state index in [2.05, 4.69) is 12.3 Å². The molecule has 0 aromatic heterocycles. The summed E-state index contributed by atoms with van der Waals surface area (Å²) in [6.07, 6.45) is 2.11. The standard InChI is InChI=1S/C16H20FN3O/c1-2-3-7-14(18)16(21)20-11-9-19(10-12-20)15-8-5-4-6-13(15)17/h3-6,8,14H,1,7,9-12,18H2. The quantitative estimate of drug-likeness (QED) is 0.855. The highest BCUT2D eigenvalue weighted by Gasteiger charge is 2.25. The van der Waals surface area contributed by atoms with Crippen LogP contribution in [0.5, 0.6) is 0 Å². The van der Waals surface area contributed by atoms with Crippen molar-refractivity contribution in [3.8, 4) is 0 Å². The Hall–Kier alpha value is -2.10. The van der Waals surface area contributed by atoms with Gasteiger partial charge in [-0.15, -0.1) is 5.73 Å². The number of halogens is 1. The van der Waals surface area contributed by atoms with E-state index in [1.54, 1.807) is 23.1 Å². The van der Waals surface area contributed by atoms with Crippen LogP contribution in [0.3, 0.4) is 0 Å². The number of para-hydroxylation sites is 1. The van der Waals surface area contributed by atoms with Gasteiger partial charge in [0.15, 0.2) is 0 Å². The van der Waals surface area contributed by atoms with Crippen LogP contribution < -0.4 is 10.6 Å². The summed E-state index contributed by atoms with van der Waals surface area (Å²) >= 11 is 0. The second-order valence-electron chi connectivity index (χ2n) is 5.01. The average Bonchev–Trinajstić information content (AvgIpc) is 2.52. The molecule has 5 heteroatoms. The molecular weight excluding hydrogens is 269 g/mol. The van der Waals surface area contributed by atoms with Gasteiger partial charge in [-0.1, -0.05) is 18.7 Å². The Morgan fingerprint density at radius 1 is 1.38 bits per heavy atom. The van der Waals surface area contributed by atoms with E-state index in [1.165, 1.54) is 6.07 Å². The van der Waals surface area contributed by atoms with E-state index in [1.807, 2.05) is 11.0 Å². The minimum atomic E-state index is -0.556. The molecule has 2 rings (SSSR count). The Balaban J connectivity index is 1.93. The Kier molecular flexibility index (Phi) is 5.14. The molecule has 1 amide bonds. The molecule has 1 saturated heterocycles. The van der Waals surface area contributed by atoms with Crippen molar-refractivity contribution < 1.29 is 9.18 Å². The maximum atomic E-state index is 13.7. The van der Waals surface area contributed by atoms with Gasteiger partial charge in [-0.05, 0) is 24.6 Å². The zero-order chi connectivity index (χ0) is 15.2. The number of hydrogen-bond acceptors (Lipinski definition) is 3. The molecule has 2 N–H and O–H groups in total. The predicted octanol–water partition coefficient (Wildman–Crippen LogP) is 1.53. The van der Waals surface area contributed by atoms with Gasteiger partial charge in [0.2, 0.25) is 5.91 Å². The van der Waals surface area contributed by atoms with Crippen molar-refractivity contribution in [2.24, 2.45) is 5.73 Å². The number of amides is 1. The van der Waals surface area contributed by atoms with Gasteiger partial charge in [0.1, 0.15) is 5.82 Å². The van der Waals surface area contributed by atoms with Crippen LogP contribution in [0.1, 0.15) is 6.42 Å². The fourth-order valence-electron chi connectivity index (χ4n) is 2.42. The maximum Gasteiger partial charge on any atom is 0.239 e. The Labute approximate surface area is 124 Å². The van der Waals surface area contributed by atoms with Gasteiger partial charge in [0.05, 0.1) is 11.7 Å². The van der Waals surface area contributed by atoms with E-state index in [9.17, 15) is 9.18 Å². The first kappa shape index (κ1) is 15.3. The van der Waals surface area contributed by atoms with E-state index in [0.29, 0.717) is 38.3 Å². The smallest absolute Gasteiger partial charge is 0.239 e. The van der Waals surface area contributed by atoms with Gasteiger partial charge in [-0.2, -0.15) is 0 Å². The second-order valence-corrected chi connectivity index (χ2v) is 5.01. The van der Waals surface area contributed by atoms with E-state index in [0.717, 1.165) is 0 Å². The molecule has 1 atom stereocenters. The number of carbonyl (C=O) groups excluding carboxylic acids is 1.